The number of fused-ring (bicyclic) bond motifs is 2. The maximum absolute atomic E-state index is 14.9. The number of aliphatic hydroxyl groups is 1. The van der Waals surface area contributed by atoms with E-state index >= 15 is 0 Å². The fourth-order valence-corrected chi connectivity index (χ4v) is 10.8. The zero-order valence-corrected chi connectivity index (χ0v) is 31.8. The van der Waals surface area contributed by atoms with E-state index in [0.717, 1.165) is 16.8 Å². The summed E-state index contributed by atoms with van der Waals surface area (Å²) in [5, 5.41) is 21.8. The molecule has 5 aromatic rings. The summed E-state index contributed by atoms with van der Waals surface area (Å²) < 4.78 is 14.4. The third kappa shape index (κ3) is 6.91. The third-order valence-corrected chi connectivity index (χ3v) is 13.4. The molecule has 12 nitrogen and oxygen atoms in total. The highest BCUT2D eigenvalue weighted by Gasteiger charge is 2.66. The summed E-state index contributed by atoms with van der Waals surface area (Å²) >= 11 is 0. The SMILES string of the molecule is COc1ccc2c(c1)[C@@]1(O[C@H](CCn3cc(C(CO)c4ccccc4)nn3)[C@@H]([Si](C)(C)O)[C@@H]1C)C(=O)N2Cc1ccc(NC(=O)c2ccc(N)cc2)cc1. The summed E-state index contributed by atoms with van der Waals surface area (Å²) in [4.78, 5) is 41.2. The monoisotopic (exact) mass is 746 g/mol. The predicted octanol–water partition coefficient (Wildman–Crippen LogP) is 5.68. The largest absolute Gasteiger partial charge is 0.497 e. The molecule has 0 radical (unpaired) electrons. The standard InChI is InChI=1S/C41H46N6O6Si/c1-26-38(54(3,4)51)37(20-21-46-24-35(44-45-46)33(25-48)28-8-6-5-7-9-28)53-41(26)34-22-32(52-2)18-19-36(34)47(40(41)50)23-27-10-16-31(17-11-27)43-39(49)29-12-14-30(42)15-13-29/h5-19,22,24,26,33,37-38,48,51H,20-21,23,25,42H2,1-4H3,(H,43,49)/t26-,33?,37+,38-,41+/m0/s1. The first-order valence-electron chi connectivity index (χ1n) is 18.1. The van der Waals surface area contributed by atoms with Crippen molar-refractivity contribution < 1.29 is 29.0 Å². The molecule has 0 aliphatic carbocycles. The Kier molecular flexibility index (Phi) is 10.2. The Morgan fingerprint density at radius 3 is 2.44 bits per heavy atom. The Balaban J connectivity index is 1.13. The van der Waals surface area contributed by atoms with Gasteiger partial charge in [0.05, 0.1) is 43.7 Å². The van der Waals surface area contributed by atoms with Crippen molar-refractivity contribution in [3.8, 4) is 5.75 Å². The molecule has 54 heavy (non-hydrogen) atoms. The number of rotatable bonds is 12. The molecule has 5 N–H and O–H groups in total. The molecular formula is C41H46N6O6Si. The normalized spacial score (nSPS) is 21.3. The van der Waals surface area contributed by atoms with Gasteiger partial charge in [0, 0.05) is 46.7 Å². The van der Waals surface area contributed by atoms with Crippen molar-refractivity contribution in [1.29, 1.82) is 0 Å². The summed E-state index contributed by atoms with van der Waals surface area (Å²) in [7, 11) is -1.31. The highest BCUT2D eigenvalue weighted by Crippen LogP contribution is 2.60. The van der Waals surface area contributed by atoms with Crippen LogP contribution in [0.1, 0.15) is 52.0 Å². The van der Waals surface area contributed by atoms with E-state index in [1.54, 1.807) is 41.0 Å². The minimum absolute atomic E-state index is 0.104. The molecule has 0 bridgehead atoms. The fraction of sp³-hybridized carbons (Fsp3) is 0.317. The third-order valence-electron chi connectivity index (χ3n) is 10.9. The van der Waals surface area contributed by atoms with E-state index in [9.17, 15) is 19.5 Å². The summed E-state index contributed by atoms with van der Waals surface area (Å²) in [5.41, 5.74) is 9.75. The van der Waals surface area contributed by atoms with Crippen LogP contribution in [0.25, 0.3) is 0 Å². The first-order chi connectivity index (χ1) is 25.9. The molecule has 2 amide bonds. The van der Waals surface area contributed by atoms with E-state index in [-0.39, 0.29) is 42.3 Å². The van der Waals surface area contributed by atoms with Crippen LogP contribution in [0, 0.1) is 5.92 Å². The quantitative estimate of drug-likeness (QED) is 0.0929. The number of carbonyl (C=O) groups is 2. The van der Waals surface area contributed by atoms with Gasteiger partial charge in [-0.05, 0) is 85.2 Å². The highest BCUT2D eigenvalue weighted by atomic mass is 28.4. The Labute approximate surface area is 315 Å². The van der Waals surface area contributed by atoms with Gasteiger partial charge in [0.15, 0.2) is 13.9 Å². The van der Waals surface area contributed by atoms with Gasteiger partial charge in [-0.25, -0.2) is 0 Å². The number of aliphatic hydroxyl groups excluding tert-OH is 1. The van der Waals surface area contributed by atoms with Gasteiger partial charge >= 0.3 is 0 Å². The molecule has 3 heterocycles. The van der Waals surface area contributed by atoms with Gasteiger partial charge in [-0.2, -0.15) is 0 Å². The van der Waals surface area contributed by atoms with E-state index in [1.165, 1.54) is 0 Å². The molecule has 1 saturated heterocycles. The number of nitrogens with zero attached hydrogens (tertiary/aromatic N) is 4. The number of nitrogens with two attached hydrogens (primary N) is 1. The lowest BCUT2D eigenvalue weighted by Gasteiger charge is -2.32. The number of amides is 2. The van der Waals surface area contributed by atoms with Crippen molar-refractivity contribution in [3.05, 3.63) is 131 Å². The van der Waals surface area contributed by atoms with Gasteiger partial charge in [0.1, 0.15) is 5.75 Å². The molecule has 1 spiro atoms. The lowest BCUT2D eigenvalue weighted by atomic mass is 9.82. The molecule has 1 unspecified atom stereocenters. The van der Waals surface area contributed by atoms with Crippen LogP contribution >= 0.6 is 0 Å². The van der Waals surface area contributed by atoms with Gasteiger partial charge in [-0.3, -0.25) is 14.3 Å². The molecule has 1 aromatic heterocycles. The Bertz CT molecular complexity index is 2120. The maximum atomic E-state index is 14.9. The van der Waals surface area contributed by atoms with Crippen LogP contribution < -0.4 is 20.7 Å². The second kappa shape index (κ2) is 14.8. The van der Waals surface area contributed by atoms with Crippen LogP contribution in [-0.2, 0) is 28.2 Å². The Hall–Kier alpha value is -5.34. The molecule has 7 rings (SSSR count). The molecule has 2 aliphatic heterocycles. The molecular weight excluding hydrogens is 701 g/mol. The average molecular weight is 747 g/mol. The van der Waals surface area contributed by atoms with Crippen LogP contribution in [0.15, 0.2) is 103 Å². The lowest BCUT2D eigenvalue weighted by molar-refractivity contribution is -0.146. The van der Waals surface area contributed by atoms with Gasteiger partial charge in [0.25, 0.3) is 11.8 Å². The van der Waals surface area contributed by atoms with Gasteiger partial charge in [-0.1, -0.05) is 54.6 Å². The van der Waals surface area contributed by atoms with Gasteiger partial charge < -0.3 is 35.3 Å². The maximum Gasteiger partial charge on any atom is 0.264 e. The highest BCUT2D eigenvalue weighted by molar-refractivity contribution is 6.71. The van der Waals surface area contributed by atoms with Crippen molar-refractivity contribution in [1.82, 2.24) is 15.0 Å². The Morgan fingerprint density at radius 2 is 1.78 bits per heavy atom. The smallest absolute Gasteiger partial charge is 0.264 e. The summed E-state index contributed by atoms with van der Waals surface area (Å²) in [6.07, 6.45) is 1.88. The number of methoxy groups -OCH3 is 1. The molecule has 280 valence electrons. The minimum atomic E-state index is -2.91. The number of anilines is 3. The second-order valence-corrected chi connectivity index (χ2v) is 18.7. The number of hydrogen-bond donors (Lipinski definition) is 4. The second-order valence-electron chi connectivity index (χ2n) is 14.7. The number of hydrogen-bond acceptors (Lipinski definition) is 9. The number of benzene rings is 4. The number of nitrogens with one attached hydrogen (secondary N) is 1. The lowest BCUT2D eigenvalue weighted by Crippen LogP contribution is -2.46. The van der Waals surface area contributed by atoms with E-state index in [1.807, 2.05) is 99.0 Å². The van der Waals surface area contributed by atoms with Crippen LogP contribution in [0.5, 0.6) is 5.75 Å². The Morgan fingerprint density at radius 1 is 1.06 bits per heavy atom. The fourth-order valence-electron chi connectivity index (χ4n) is 8.22. The average Bonchev–Trinajstić information content (AvgIpc) is 3.82. The van der Waals surface area contributed by atoms with Crippen molar-refractivity contribution in [3.63, 3.8) is 0 Å². The van der Waals surface area contributed by atoms with Crippen molar-refractivity contribution in [2.45, 2.75) is 62.7 Å². The van der Waals surface area contributed by atoms with Crippen LogP contribution in [0.3, 0.4) is 0 Å². The van der Waals surface area contributed by atoms with Crippen LogP contribution in [0.2, 0.25) is 18.6 Å². The summed E-state index contributed by atoms with van der Waals surface area (Å²) in [6.45, 7) is 6.43. The molecule has 0 saturated carbocycles. The number of nitrogen functional groups attached to an aromatic ring is 1. The van der Waals surface area contributed by atoms with E-state index in [0.29, 0.717) is 46.9 Å². The first kappa shape index (κ1) is 37.0. The minimum Gasteiger partial charge on any atom is -0.497 e. The molecule has 5 atom stereocenters. The van der Waals surface area contributed by atoms with Gasteiger partial charge in [0.2, 0.25) is 0 Å². The topological polar surface area (TPSA) is 165 Å². The molecule has 1 fully saturated rings. The molecule has 2 aliphatic rings. The predicted molar refractivity (Wildman–Crippen MR) is 209 cm³/mol. The van der Waals surface area contributed by atoms with Crippen molar-refractivity contribution in [2.24, 2.45) is 5.92 Å². The van der Waals surface area contributed by atoms with E-state index < -0.39 is 20.0 Å². The number of aryl methyl sites for hydroxylation is 1. The zero-order valence-electron chi connectivity index (χ0n) is 30.8. The van der Waals surface area contributed by atoms with Crippen LogP contribution in [0.4, 0.5) is 17.1 Å². The van der Waals surface area contributed by atoms with E-state index in [2.05, 4.69) is 15.6 Å². The zero-order chi connectivity index (χ0) is 38.2. The molecule has 4 aromatic carbocycles. The van der Waals surface area contributed by atoms with Crippen molar-refractivity contribution in [2.75, 3.05) is 29.7 Å². The summed E-state index contributed by atoms with van der Waals surface area (Å²) in [5.74, 6) is -0.499. The number of ether oxygens (including phenoxy) is 2. The van der Waals surface area contributed by atoms with E-state index in [4.69, 9.17) is 15.2 Å². The first-order valence-corrected chi connectivity index (χ1v) is 21.2. The summed E-state index contributed by atoms with van der Waals surface area (Å²) in [6, 6.07) is 29.4. The number of aromatic nitrogens is 3. The number of carbonyl (C=O) groups excluding carboxylic acids is 2. The molecule has 13 heteroatoms. The van der Waals surface area contributed by atoms with Crippen molar-refractivity contribution >= 4 is 37.2 Å². The van der Waals surface area contributed by atoms with Crippen LogP contribution in [-0.4, -0.2) is 64.8 Å². The van der Waals surface area contributed by atoms with Gasteiger partial charge in [-0.15, -0.1) is 5.10 Å².